The van der Waals surface area contributed by atoms with Crippen LogP contribution in [0.3, 0.4) is 0 Å². The van der Waals surface area contributed by atoms with Crippen LogP contribution in [0.4, 0.5) is 0 Å². The lowest BCUT2D eigenvalue weighted by atomic mass is 9.99. The third kappa shape index (κ3) is 2.83. The molecule has 1 atom stereocenters. The molecule has 3 rings (SSSR count). The summed E-state index contributed by atoms with van der Waals surface area (Å²) in [6.45, 7) is 1.39. The highest BCUT2D eigenvalue weighted by Gasteiger charge is 2.28. The van der Waals surface area contributed by atoms with Gasteiger partial charge in [-0.05, 0) is 24.1 Å². The first kappa shape index (κ1) is 14.3. The number of carbonyl (C=O) groups is 2. The zero-order valence-electron chi connectivity index (χ0n) is 12.0. The molecule has 5 nitrogen and oxygen atoms in total. The Bertz CT molecular complexity index is 683. The Balaban J connectivity index is 1.70. The van der Waals surface area contributed by atoms with Crippen molar-refractivity contribution in [1.82, 2.24) is 9.88 Å². The maximum Gasteiger partial charge on any atom is 0.354 e. The van der Waals surface area contributed by atoms with Crippen molar-refractivity contribution in [3.05, 3.63) is 65.5 Å². The molecular weight excluding hydrogens is 280 g/mol. The summed E-state index contributed by atoms with van der Waals surface area (Å²) in [7, 11) is 0. The van der Waals surface area contributed by atoms with E-state index < -0.39 is 5.97 Å². The van der Waals surface area contributed by atoms with Crippen molar-refractivity contribution in [3.63, 3.8) is 0 Å². The van der Waals surface area contributed by atoms with Gasteiger partial charge < -0.3 is 10.0 Å². The summed E-state index contributed by atoms with van der Waals surface area (Å²) >= 11 is 0. The van der Waals surface area contributed by atoms with Gasteiger partial charge in [-0.2, -0.15) is 0 Å². The fourth-order valence-corrected chi connectivity index (χ4v) is 2.77. The molecule has 22 heavy (non-hydrogen) atoms. The van der Waals surface area contributed by atoms with Gasteiger partial charge in [0.25, 0.3) is 5.91 Å². The van der Waals surface area contributed by atoms with Crippen LogP contribution in [0.15, 0.2) is 48.7 Å². The molecule has 1 aromatic heterocycles. The Morgan fingerprint density at radius 2 is 1.91 bits per heavy atom. The number of likely N-dealkylation sites (tertiary alicyclic amines) is 1. The van der Waals surface area contributed by atoms with Crippen LogP contribution in [-0.2, 0) is 0 Å². The Labute approximate surface area is 128 Å². The van der Waals surface area contributed by atoms with Gasteiger partial charge in [0.15, 0.2) is 0 Å². The summed E-state index contributed by atoms with van der Waals surface area (Å²) in [5, 5.41) is 8.83. The highest BCUT2D eigenvalue weighted by atomic mass is 16.4. The summed E-state index contributed by atoms with van der Waals surface area (Å²) in [6, 6.07) is 13.1. The van der Waals surface area contributed by atoms with E-state index in [0.717, 1.165) is 6.42 Å². The second-order valence-corrected chi connectivity index (χ2v) is 5.38. The van der Waals surface area contributed by atoms with Gasteiger partial charge in [-0.25, -0.2) is 9.78 Å². The number of carboxylic acid groups (broad SMARTS) is 1. The largest absolute Gasteiger partial charge is 0.477 e. The van der Waals surface area contributed by atoms with Gasteiger partial charge in [-0.1, -0.05) is 30.3 Å². The molecule has 1 aliphatic heterocycles. The third-order valence-corrected chi connectivity index (χ3v) is 3.98. The number of hydrogen-bond donors (Lipinski definition) is 1. The average Bonchev–Trinajstić information content (AvgIpc) is 3.05. The molecule has 0 radical (unpaired) electrons. The molecular formula is C17H16N2O3. The molecule has 1 amide bonds. The Morgan fingerprint density at radius 3 is 2.55 bits per heavy atom. The molecule has 0 spiro atoms. The predicted octanol–water partition coefficient (Wildman–Crippen LogP) is 2.41. The van der Waals surface area contributed by atoms with Crippen LogP contribution < -0.4 is 0 Å². The Morgan fingerprint density at radius 1 is 1.14 bits per heavy atom. The van der Waals surface area contributed by atoms with Crippen LogP contribution in [-0.4, -0.2) is 40.0 Å². The standard InChI is InChI=1S/C17H16N2O3/c20-16(13-6-7-15(17(21)22)18-10-13)19-9-8-14(11-19)12-4-2-1-3-5-12/h1-7,10,14H,8-9,11H2,(H,21,22)/t14-/m1/s1. The van der Waals surface area contributed by atoms with Gasteiger partial charge in [0.05, 0.1) is 5.56 Å². The van der Waals surface area contributed by atoms with Crippen LogP contribution in [0, 0.1) is 0 Å². The Hall–Kier alpha value is -2.69. The van der Waals surface area contributed by atoms with Crippen LogP contribution in [0.25, 0.3) is 0 Å². The number of amides is 1. The second kappa shape index (κ2) is 5.97. The highest BCUT2D eigenvalue weighted by molar-refractivity contribution is 5.95. The van der Waals surface area contributed by atoms with Crippen molar-refractivity contribution < 1.29 is 14.7 Å². The maximum absolute atomic E-state index is 12.4. The molecule has 0 saturated carbocycles. The van der Waals surface area contributed by atoms with Gasteiger partial charge in [-0.3, -0.25) is 4.79 Å². The number of aromatic carboxylic acids is 1. The number of nitrogens with zero attached hydrogens (tertiary/aromatic N) is 2. The van der Waals surface area contributed by atoms with E-state index >= 15 is 0 Å². The van der Waals surface area contributed by atoms with Crippen LogP contribution in [0.2, 0.25) is 0 Å². The van der Waals surface area contributed by atoms with E-state index in [-0.39, 0.29) is 11.6 Å². The molecule has 0 unspecified atom stereocenters. The first-order chi connectivity index (χ1) is 10.6. The van der Waals surface area contributed by atoms with Crippen molar-refractivity contribution in [3.8, 4) is 0 Å². The van der Waals surface area contributed by atoms with Crippen LogP contribution >= 0.6 is 0 Å². The SMILES string of the molecule is O=C(O)c1ccc(C(=O)N2CC[C@@H](c3ccccc3)C2)cn1. The molecule has 1 saturated heterocycles. The minimum Gasteiger partial charge on any atom is -0.477 e. The van der Waals surface area contributed by atoms with E-state index in [1.54, 1.807) is 4.90 Å². The molecule has 0 aliphatic carbocycles. The molecule has 1 aliphatic rings. The van der Waals surface area contributed by atoms with Crippen molar-refractivity contribution >= 4 is 11.9 Å². The number of rotatable bonds is 3. The monoisotopic (exact) mass is 296 g/mol. The zero-order valence-corrected chi connectivity index (χ0v) is 12.0. The fourth-order valence-electron chi connectivity index (χ4n) is 2.77. The molecule has 0 bridgehead atoms. The fraction of sp³-hybridized carbons (Fsp3) is 0.235. The van der Waals surface area contributed by atoms with E-state index in [1.165, 1.54) is 23.9 Å². The van der Waals surface area contributed by atoms with Gasteiger partial charge in [0.1, 0.15) is 5.69 Å². The van der Waals surface area contributed by atoms with Crippen molar-refractivity contribution in [1.29, 1.82) is 0 Å². The number of hydrogen-bond acceptors (Lipinski definition) is 3. The van der Waals surface area contributed by atoms with E-state index in [2.05, 4.69) is 17.1 Å². The number of carbonyl (C=O) groups excluding carboxylic acids is 1. The summed E-state index contributed by atoms with van der Waals surface area (Å²) in [4.78, 5) is 28.8. The molecule has 5 heteroatoms. The molecule has 2 aromatic rings. The van der Waals surface area contributed by atoms with Crippen molar-refractivity contribution in [2.24, 2.45) is 0 Å². The third-order valence-electron chi connectivity index (χ3n) is 3.98. The van der Waals surface area contributed by atoms with Gasteiger partial charge in [0.2, 0.25) is 0 Å². The lowest BCUT2D eigenvalue weighted by Gasteiger charge is -2.16. The Kier molecular flexibility index (Phi) is 3.87. The zero-order chi connectivity index (χ0) is 15.5. The maximum atomic E-state index is 12.4. The van der Waals surface area contributed by atoms with E-state index in [9.17, 15) is 9.59 Å². The van der Waals surface area contributed by atoms with Gasteiger partial charge >= 0.3 is 5.97 Å². The van der Waals surface area contributed by atoms with Gasteiger partial charge in [0, 0.05) is 25.2 Å². The smallest absolute Gasteiger partial charge is 0.354 e. The quantitative estimate of drug-likeness (QED) is 0.944. The van der Waals surface area contributed by atoms with E-state index in [4.69, 9.17) is 5.11 Å². The van der Waals surface area contributed by atoms with Crippen LogP contribution in [0.1, 0.15) is 38.7 Å². The van der Waals surface area contributed by atoms with Gasteiger partial charge in [-0.15, -0.1) is 0 Å². The summed E-state index contributed by atoms with van der Waals surface area (Å²) in [5.74, 6) is -0.830. The first-order valence-corrected chi connectivity index (χ1v) is 7.18. The molecule has 2 heterocycles. The minimum atomic E-state index is -1.09. The van der Waals surface area contributed by atoms with Crippen molar-refractivity contribution in [2.45, 2.75) is 12.3 Å². The average molecular weight is 296 g/mol. The number of aromatic nitrogens is 1. The van der Waals surface area contributed by atoms with E-state index in [1.807, 2.05) is 18.2 Å². The lowest BCUT2D eigenvalue weighted by molar-refractivity contribution is 0.0688. The molecule has 1 aromatic carbocycles. The summed E-state index contributed by atoms with van der Waals surface area (Å²) in [6.07, 6.45) is 2.28. The number of pyridine rings is 1. The topological polar surface area (TPSA) is 70.5 Å². The number of carboxylic acids is 1. The lowest BCUT2D eigenvalue weighted by Crippen LogP contribution is -2.28. The molecule has 112 valence electrons. The predicted molar refractivity (Wildman–Crippen MR) is 80.9 cm³/mol. The summed E-state index contributed by atoms with van der Waals surface area (Å²) in [5.41, 5.74) is 1.62. The van der Waals surface area contributed by atoms with E-state index in [0.29, 0.717) is 24.6 Å². The molecule has 1 N–H and O–H groups in total. The highest BCUT2D eigenvalue weighted by Crippen LogP contribution is 2.27. The molecule has 1 fully saturated rings. The summed E-state index contributed by atoms with van der Waals surface area (Å²) < 4.78 is 0. The second-order valence-electron chi connectivity index (χ2n) is 5.38. The normalized spacial score (nSPS) is 17.5. The first-order valence-electron chi connectivity index (χ1n) is 7.18. The number of benzene rings is 1. The van der Waals surface area contributed by atoms with Crippen molar-refractivity contribution in [2.75, 3.05) is 13.1 Å². The minimum absolute atomic E-state index is 0.0554. The van der Waals surface area contributed by atoms with Crippen LogP contribution in [0.5, 0.6) is 0 Å².